The first-order valence-corrected chi connectivity index (χ1v) is 9.40. The number of hydrogen-bond donors (Lipinski definition) is 1. The molecule has 5 rings (SSSR count). The first-order valence-electron chi connectivity index (χ1n) is 9.40. The largest absolute Gasteiger partial charge is 0.368 e. The van der Waals surface area contributed by atoms with Crippen LogP contribution in [0.15, 0.2) is 18.2 Å². The lowest BCUT2D eigenvalue weighted by Crippen LogP contribution is -2.61. The fourth-order valence-corrected chi connectivity index (χ4v) is 5.92. The Labute approximate surface area is 143 Å². The molecular formula is C20H27NO3. The number of aliphatic hydroxyl groups excluding tert-OH is 1. The van der Waals surface area contributed by atoms with E-state index >= 15 is 0 Å². The van der Waals surface area contributed by atoms with Crippen LogP contribution in [0.1, 0.15) is 63.5 Å². The number of rotatable bonds is 0. The summed E-state index contributed by atoms with van der Waals surface area (Å²) in [7, 11) is 0. The summed E-state index contributed by atoms with van der Waals surface area (Å²) in [4.78, 5) is 2.30. The van der Waals surface area contributed by atoms with Crippen LogP contribution in [0.4, 0.5) is 5.69 Å². The quantitative estimate of drug-likeness (QED) is 0.792. The van der Waals surface area contributed by atoms with Gasteiger partial charge < -0.3 is 19.5 Å². The molecule has 3 heterocycles. The Morgan fingerprint density at radius 2 is 1.71 bits per heavy atom. The highest BCUT2D eigenvalue weighted by Gasteiger charge is 2.63. The standard InChI is InChI=1S/C20H27NO3/c1-18(2)13-19(9-4-3-5-10-19)21-16-14(18)7-6-8-15(16)20(17(21)22)23-11-12-24-20/h6-8,17,22H,3-5,9-13H2,1-2H3/t17-/m0/s1. The van der Waals surface area contributed by atoms with E-state index < -0.39 is 12.0 Å². The molecule has 0 aromatic heterocycles. The van der Waals surface area contributed by atoms with Crippen molar-refractivity contribution in [3.63, 3.8) is 0 Å². The zero-order chi connectivity index (χ0) is 16.6. The SMILES string of the molecule is CC1(C)CC2(CCCCC2)N2c3c1cccc3C1(OCCO1)[C@@H]2O. The van der Waals surface area contributed by atoms with E-state index in [4.69, 9.17) is 9.47 Å². The minimum Gasteiger partial charge on any atom is -0.368 e. The number of hydrogen-bond acceptors (Lipinski definition) is 4. The Hall–Kier alpha value is -1.10. The van der Waals surface area contributed by atoms with Crippen LogP contribution in [0.5, 0.6) is 0 Å². The second kappa shape index (κ2) is 4.75. The van der Waals surface area contributed by atoms with Gasteiger partial charge in [0.1, 0.15) is 0 Å². The maximum Gasteiger partial charge on any atom is 0.243 e. The maximum atomic E-state index is 11.4. The number of benzene rings is 1. The Morgan fingerprint density at radius 3 is 2.42 bits per heavy atom. The Balaban J connectivity index is 1.77. The van der Waals surface area contributed by atoms with Crippen molar-refractivity contribution in [1.29, 1.82) is 0 Å². The first-order chi connectivity index (χ1) is 11.5. The monoisotopic (exact) mass is 329 g/mol. The van der Waals surface area contributed by atoms with Crippen molar-refractivity contribution in [1.82, 2.24) is 0 Å². The van der Waals surface area contributed by atoms with Gasteiger partial charge in [0.15, 0.2) is 6.23 Å². The van der Waals surface area contributed by atoms with Gasteiger partial charge >= 0.3 is 0 Å². The molecule has 4 nitrogen and oxygen atoms in total. The molecule has 4 heteroatoms. The van der Waals surface area contributed by atoms with Gasteiger partial charge in [0.05, 0.1) is 18.9 Å². The van der Waals surface area contributed by atoms with Crippen LogP contribution in [0, 0.1) is 0 Å². The van der Waals surface area contributed by atoms with Crippen molar-refractivity contribution in [2.75, 3.05) is 18.1 Å². The molecule has 2 fully saturated rings. The smallest absolute Gasteiger partial charge is 0.243 e. The summed E-state index contributed by atoms with van der Waals surface area (Å²) in [6.07, 6.45) is 6.43. The summed E-state index contributed by atoms with van der Waals surface area (Å²) in [5, 5.41) is 11.4. The molecule has 0 bridgehead atoms. The van der Waals surface area contributed by atoms with Gasteiger partial charge in [-0.25, -0.2) is 0 Å². The summed E-state index contributed by atoms with van der Waals surface area (Å²) in [5.74, 6) is -0.990. The Kier molecular flexibility index (Phi) is 3.00. The van der Waals surface area contributed by atoms with E-state index in [1.54, 1.807) is 0 Å². The van der Waals surface area contributed by atoms with E-state index in [9.17, 15) is 5.11 Å². The van der Waals surface area contributed by atoms with Gasteiger partial charge in [-0.2, -0.15) is 0 Å². The molecule has 1 atom stereocenters. The molecule has 130 valence electrons. The van der Waals surface area contributed by atoms with E-state index in [0.29, 0.717) is 13.2 Å². The van der Waals surface area contributed by atoms with Crippen LogP contribution in [0.25, 0.3) is 0 Å². The van der Waals surface area contributed by atoms with Crippen molar-refractivity contribution in [3.05, 3.63) is 29.3 Å². The maximum absolute atomic E-state index is 11.4. The van der Waals surface area contributed by atoms with Crippen LogP contribution in [0.2, 0.25) is 0 Å². The summed E-state index contributed by atoms with van der Waals surface area (Å²) in [6, 6.07) is 6.41. The molecule has 1 aromatic carbocycles. The minimum absolute atomic E-state index is 0.0308. The molecule has 3 aliphatic heterocycles. The van der Waals surface area contributed by atoms with Crippen LogP contribution in [-0.2, 0) is 20.7 Å². The van der Waals surface area contributed by atoms with E-state index in [-0.39, 0.29) is 11.0 Å². The Bertz CT molecular complexity index is 671. The van der Waals surface area contributed by atoms with Crippen molar-refractivity contribution >= 4 is 5.69 Å². The summed E-state index contributed by atoms with van der Waals surface area (Å²) in [5.41, 5.74) is 3.67. The summed E-state index contributed by atoms with van der Waals surface area (Å²) in [6.45, 7) is 5.80. The molecule has 1 aromatic rings. The van der Waals surface area contributed by atoms with Crippen LogP contribution in [-0.4, -0.2) is 30.1 Å². The molecule has 0 unspecified atom stereocenters. The van der Waals surface area contributed by atoms with Gasteiger partial charge in [-0.1, -0.05) is 51.3 Å². The fraction of sp³-hybridized carbons (Fsp3) is 0.700. The molecule has 4 aliphatic rings. The topological polar surface area (TPSA) is 41.9 Å². The van der Waals surface area contributed by atoms with Gasteiger partial charge in [-0.05, 0) is 30.2 Å². The number of anilines is 1. The normalized spacial score (nSPS) is 31.6. The molecule has 0 amide bonds. The number of nitrogens with zero attached hydrogens (tertiary/aromatic N) is 1. The zero-order valence-electron chi connectivity index (χ0n) is 14.7. The zero-order valence-corrected chi connectivity index (χ0v) is 14.7. The van der Waals surface area contributed by atoms with E-state index in [1.165, 1.54) is 30.5 Å². The van der Waals surface area contributed by atoms with Gasteiger partial charge in [0.25, 0.3) is 0 Å². The first kappa shape index (κ1) is 15.2. The van der Waals surface area contributed by atoms with Crippen molar-refractivity contribution in [3.8, 4) is 0 Å². The second-order valence-corrected chi connectivity index (χ2v) is 8.66. The molecule has 24 heavy (non-hydrogen) atoms. The average molecular weight is 329 g/mol. The van der Waals surface area contributed by atoms with Gasteiger partial charge in [-0.15, -0.1) is 0 Å². The minimum atomic E-state index is -0.990. The number of ether oxygens (including phenoxy) is 2. The molecular weight excluding hydrogens is 302 g/mol. The lowest BCUT2D eigenvalue weighted by Gasteiger charge is -2.55. The molecule has 1 saturated carbocycles. The molecule has 0 radical (unpaired) electrons. The van der Waals surface area contributed by atoms with Crippen molar-refractivity contribution in [2.24, 2.45) is 0 Å². The third-order valence-electron chi connectivity index (χ3n) is 6.75. The van der Waals surface area contributed by atoms with Gasteiger partial charge in [0.2, 0.25) is 5.79 Å². The highest BCUT2D eigenvalue weighted by molar-refractivity contribution is 5.72. The molecule has 1 N–H and O–H groups in total. The van der Waals surface area contributed by atoms with Crippen LogP contribution >= 0.6 is 0 Å². The molecule has 1 aliphatic carbocycles. The highest BCUT2D eigenvalue weighted by Crippen LogP contribution is 2.61. The third kappa shape index (κ3) is 1.69. The Morgan fingerprint density at radius 1 is 1.04 bits per heavy atom. The fourth-order valence-electron chi connectivity index (χ4n) is 5.92. The van der Waals surface area contributed by atoms with Crippen LogP contribution < -0.4 is 4.90 Å². The summed E-state index contributed by atoms with van der Waals surface area (Å²) >= 11 is 0. The lowest BCUT2D eigenvalue weighted by atomic mass is 9.64. The molecule has 2 spiro atoms. The molecule has 1 saturated heterocycles. The van der Waals surface area contributed by atoms with E-state index in [2.05, 4.69) is 36.9 Å². The average Bonchev–Trinajstić information content (AvgIpc) is 3.13. The van der Waals surface area contributed by atoms with E-state index in [1.807, 2.05) is 0 Å². The number of aliphatic hydroxyl groups is 1. The predicted octanol–water partition coefficient (Wildman–Crippen LogP) is 3.41. The highest BCUT2D eigenvalue weighted by atomic mass is 16.8. The van der Waals surface area contributed by atoms with Gasteiger partial charge in [-0.3, -0.25) is 0 Å². The summed E-state index contributed by atoms with van der Waals surface area (Å²) < 4.78 is 12.1. The lowest BCUT2D eigenvalue weighted by molar-refractivity contribution is -0.224. The predicted molar refractivity (Wildman–Crippen MR) is 92.0 cm³/mol. The van der Waals surface area contributed by atoms with Gasteiger partial charge in [0, 0.05) is 11.1 Å². The number of fused-ring (bicyclic) bond motifs is 2. The second-order valence-electron chi connectivity index (χ2n) is 8.66. The third-order valence-corrected chi connectivity index (χ3v) is 6.75. The van der Waals surface area contributed by atoms with E-state index in [0.717, 1.165) is 24.8 Å². The van der Waals surface area contributed by atoms with Crippen LogP contribution in [0.3, 0.4) is 0 Å². The number of para-hydroxylation sites is 1. The van der Waals surface area contributed by atoms with Crippen molar-refractivity contribution < 1.29 is 14.6 Å². The van der Waals surface area contributed by atoms with Crippen molar-refractivity contribution in [2.45, 2.75) is 75.3 Å².